The highest BCUT2D eigenvalue weighted by Crippen LogP contribution is 2.39. The Morgan fingerprint density at radius 3 is 2.62 bits per heavy atom. The quantitative estimate of drug-likeness (QED) is 0.624. The molecule has 2 aliphatic heterocycles. The number of nitrogens with zero attached hydrogens (tertiary/aromatic N) is 1. The van der Waals surface area contributed by atoms with Crippen LogP contribution in [0.2, 0.25) is 0 Å². The second kappa shape index (κ2) is 11.3. The van der Waals surface area contributed by atoms with Gasteiger partial charge in [-0.15, -0.1) is 0 Å². The number of nitrogens with one attached hydrogen (secondary N) is 3. The summed E-state index contributed by atoms with van der Waals surface area (Å²) in [5.74, 6) is 0.142. The van der Waals surface area contributed by atoms with Crippen LogP contribution < -0.4 is 25.6 Å². The predicted molar refractivity (Wildman–Crippen MR) is 126 cm³/mol. The zero-order valence-corrected chi connectivity index (χ0v) is 20.3. The highest BCUT2D eigenvalue weighted by atomic mass is 16.5. The van der Waals surface area contributed by atoms with E-state index in [0.717, 1.165) is 31.5 Å². The number of aryl methyl sites for hydroxylation is 1. The summed E-state index contributed by atoms with van der Waals surface area (Å²) in [4.78, 5) is 39.1. The minimum absolute atomic E-state index is 0.0692. The molecule has 0 radical (unpaired) electrons. The van der Waals surface area contributed by atoms with Gasteiger partial charge in [-0.25, -0.2) is 0 Å². The Kier molecular flexibility index (Phi) is 9.07. The normalized spacial score (nSPS) is 19.1. The van der Waals surface area contributed by atoms with Crippen LogP contribution in [-0.2, 0) is 9.59 Å². The molecule has 1 aromatic carbocycles. The number of hydrogen-bond acceptors (Lipinski definition) is 5. The molecular formula is C24H38N4O4. The van der Waals surface area contributed by atoms with Gasteiger partial charge in [-0.1, -0.05) is 20.8 Å². The maximum atomic E-state index is 13.0. The number of ether oxygens (including phenoxy) is 1. The van der Waals surface area contributed by atoms with E-state index in [1.165, 1.54) is 0 Å². The van der Waals surface area contributed by atoms with E-state index in [4.69, 9.17) is 4.74 Å². The summed E-state index contributed by atoms with van der Waals surface area (Å²) in [6.07, 6.45) is 2.36. The Balaban J connectivity index is 0.00000176. The van der Waals surface area contributed by atoms with E-state index in [2.05, 4.69) is 16.0 Å². The van der Waals surface area contributed by atoms with E-state index in [9.17, 15) is 14.4 Å². The highest BCUT2D eigenvalue weighted by Gasteiger charge is 2.41. The lowest BCUT2D eigenvalue weighted by molar-refractivity contribution is -0.132. The predicted octanol–water partition coefficient (Wildman–Crippen LogP) is 2.53. The molecule has 0 unspecified atom stereocenters. The smallest absolute Gasteiger partial charge is 0.270 e. The minimum Gasteiger partial charge on any atom is -0.476 e. The van der Waals surface area contributed by atoms with Gasteiger partial charge in [0.15, 0.2) is 5.60 Å². The molecule has 0 saturated carbocycles. The molecule has 2 heterocycles. The molecule has 2 aliphatic rings. The number of anilines is 1. The number of piperidine rings is 1. The molecule has 0 bridgehead atoms. The number of fused-ring (bicyclic) bond motifs is 1. The highest BCUT2D eigenvalue weighted by molar-refractivity contribution is 6.05. The van der Waals surface area contributed by atoms with E-state index in [0.29, 0.717) is 36.5 Å². The summed E-state index contributed by atoms with van der Waals surface area (Å²) in [7, 11) is 0. The van der Waals surface area contributed by atoms with Gasteiger partial charge in [0, 0.05) is 37.7 Å². The molecule has 3 N–H and O–H groups in total. The molecule has 0 aromatic heterocycles. The molecule has 3 amide bonds. The van der Waals surface area contributed by atoms with Gasteiger partial charge < -0.3 is 25.6 Å². The number of rotatable bonds is 6. The Labute approximate surface area is 191 Å². The molecule has 178 valence electrons. The third-order valence-electron chi connectivity index (χ3n) is 5.58. The zero-order valence-electron chi connectivity index (χ0n) is 20.3. The van der Waals surface area contributed by atoms with Crippen LogP contribution in [0.3, 0.4) is 0 Å². The van der Waals surface area contributed by atoms with Gasteiger partial charge in [0.05, 0.1) is 5.69 Å². The third kappa shape index (κ3) is 6.00. The number of carbonyl (C=O) groups excluding carboxylic acids is 3. The zero-order chi connectivity index (χ0) is 23.9. The van der Waals surface area contributed by atoms with Crippen molar-refractivity contribution < 1.29 is 19.1 Å². The monoisotopic (exact) mass is 446 g/mol. The van der Waals surface area contributed by atoms with Crippen molar-refractivity contribution >= 4 is 23.4 Å². The van der Waals surface area contributed by atoms with Crippen molar-refractivity contribution in [2.45, 2.75) is 72.4 Å². The van der Waals surface area contributed by atoms with Gasteiger partial charge in [0.25, 0.3) is 11.8 Å². The molecule has 1 saturated heterocycles. The Bertz CT molecular complexity index is 832. The van der Waals surface area contributed by atoms with Crippen molar-refractivity contribution in [2.24, 2.45) is 0 Å². The van der Waals surface area contributed by atoms with E-state index in [-0.39, 0.29) is 23.8 Å². The number of carbonyl (C=O) groups is 3. The van der Waals surface area contributed by atoms with Crippen LogP contribution in [0.5, 0.6) is 5.75 Å². The summed E-state index contributed by atoms with van der Waals surface area (Å²) >= 11 is 0. The van der Waals surface area contributed by atoms with Crippen LogP contribution >= 0.6 is 0 Å². The van der Waals surface area contributed by atoms with Crippen LogP contribution in [-0.4, -0.2) is 55.5 Å². The second-order valence-electron chi connectivity index (χ2n) is 8.42. The first kappa shape index (κ1) is 25.6. The second-order valence-corrected chi connectivity index (χ2v) is 8.42. The first-order valence-electron chi connectivity index (χ1n) is 11.7. The van der Waals surface area contributed by atoms with Gasteiger partial charge in [-0.05, 0) is 57.9 Å². The maximum Gasteiger partial charge on any atom is 0.270 e. The number of benzene rings is 1. The lowest BCUT2D eigenvalue weighted by atomic mass is 9.99. The summed E-state index contributed by atoms with van der Waals surface area (Å²) in [5.41, 5.74) is 0.853. The fourth-order valence-corrected chi connectivity index (χ4v) is 3.85. The average molecular weight is 447 g/mol. The fraction of sp³-hybridized carbons (Fsp3) is 0.625. The van der Waals surface area contributed by atoms with E-state index >= 15 is 0 Å². The standard InChI is InChI=1S/C22H32N4O4.C2H6/c1-5-19(27)24-9-10-26-17-12-16(20(28)25-15-7-6-8-23-13-15)14(2)11-18(17)30-22(3,4)21(26)29;1-2/h11-12,15,23H,5-10,13H2,1-4H3,(H,24,27)(H,25,28);1-2H3/t15-;/m1./s1. The molecule has 8 heteroatoms. The first-order valence-corrected chi connectivity index (χ1v) is 11.7. The van der Waals surface area contributed by atoms with E-state index in [1.807, 2.05) is 26.8 Å². The van der Waals surface area contributed by atoms with Gasteiger partial charge in [0.2, 0.25) is 5.91 Å². The minimum atomic E-state index is -1.02. The van der Waals surface area contributed by atoms with Crippen LogP contribution in [0.15, 0.2) is 12.1 Å². The van der Waals surface area contributed by atoms with Gasteiger partial charge in [0.1, 0.15) is 5.75 Å². The molecule has 0 spiro atoms. The summed E-state index contributed by atoms with van der Waals surface area (Å²) < 4.78 is 5.96. The average Bonchev–Trinajstić information content (AvgIpc) is 2.77. The van der Waals surface area contributed by atoms with Crippen molar-refractivity contribution in [3.05, 3.63) is 23.3 Å². The van der Waals surface area contributed by atoms with E-state index < -0.39 is 5.60 Å². The number of amides is 3. The third-order valence-corrected chi connectivity index (χ3v) is 5.58. The summed E-state index contributed by atoms with van der Waals surface area (Å²) in [5, 5.41) is 9.18. The molecule has 8 nitrogen and oxygen atoms in total. The van der Waals surface area contributed by atoms with Crippen LogP contribution in [0.4, 0.5) is 5.69 Å². The SMILES string of the molecule is CC.CCC(=O)NCCN1C(=O)C(C)(C)Oc2cc(C)c(C(=O)N[C@@H]3CCCNC3)cc21. The molecule has 0 aliphatic carbocycles. The molecule has 3 rings (SSSR count). The van der Waals surface area contributed by atoms with Gasteiger partial charge >= 0.3 is 0 Å². The van der Waals surface area contributed by atoms with Crippen LogP contribution in [0.25, 0.3) is 0 Å². The van der Waals surface area contributed by atoms with Crippen molar-refractivity contribution in [2.75, 3.05) is 31.1 Å². The van der Waals surface area contributed by atoms with Crippen molar-refractivity contribution in [1.82, 2.24) is 16.0 Å². The van der Waals surface area contributed by atoms with Crippen molar-refractivity contribution in [1.29, 1.82) is 0 Å². The summed E-state index contributed by atoms with van der Waals surface area (Å²) in [6.45, 7) is 13.5. The Morgan fingerprint density at radius 1 is 1.28 bits per heavy atom. The van der Waals surface area contributed by atoms with Crippen molar-refractivity contribution in [3.8, 4) is 5.75 Å². The number of hydrogen-bond donors (Lipinski definition) is 3. The molecular weight excluding hydrogens is 408 g/mol. The topological polar surface area (TPSA) is 99.8 Å². The summed E-state index contributed by atoms with van der Waals surface area (Å²) in [6, 6.07) is 3.64. The van der Waals surface area contributed by atoms with Crippen LogP contribution in [0.1, 0.15) is 69.8 Å². The molecule has 1 atom stereocenters. The molecule has 1 aromatic rings. The largest absolute Gasteiger partial charge is 0.476 e. The Morgan fingerprint density at radius 2 is 2.00 bits per heavy atom. The molecule has 32 heavy (non-hydrogen) atoms. The first-order chi connectivity index (χ1) is 15.2. The lowest BCUT2D eigenvalue weighted by Gasteiger charge is -2.39. The fourth-order valence-electron chi connectivity index (χ4n) is 3.85. The van der Waals surface area contributed by atoms with Crippen LogP contribution in [0, 0.1) is 6.92 Å². The van der Waals surface area contributed by atoms with Gasteiger partial charge in [-0.2, -0.15) is 0 Å². The van der Waals surface area contributed by atoms with Gasteiger partial charge in [-0.3, -0.25) is 14.4 Å². The lowest BCUT2D eigenvalue weighted by Crippen LogP contribution is -2.54. The van der Waals surface area contributed by atoms with Crippen molar-refractivity contribution in [3.63, 3.8) is 0 Å². The molecule has 1 fully saturated rings. The maximum absolute atomic E-state index is 13.0. The van der Waals surface area contributed by atoms with E-state index in [1.54, 1.807) is 31.7 Å². The Hall–Kier alpha value is -2.61.